The number of carbonyl (C=O) groups excluding carboxylic acids is 1. The molecule has 3 rings (SSSR count). The predicted molar refractivity (Wildman–Crippen MR) is 96.5 cm³/mol. The van der Waals surface area contributed by atoms with Crippen molar-refractivity contribution in [1.82, 2.24) is 25.0 Å². The van der Waals surface area contributed by atoms with Crippen molar-refractivity contribution >= 4 is 11.6 Å². The second-order valence-corrected chi connectivity index (χ2v) is 5.85. The van der Waals surface area contributed by atoms with Crippen molar-refractivity contribution in [2.24, 2.45) is 12.8 Å². The van der Waals surface area contributed by atoms with E-state index in [0.29, 0.717) is 29.6 Å². The number of anilines is 1. The third kappa shape index (κ3) is 3.72. The van der Waals surface area contributed by atoms with Crippen LogP contribution in [0.5, 0.6) is 5.75 Å². The number of aryl methyl sites for hydroxylation is 2. The Hall–Kier alpha value is -3.20. The zero-order valence-electron chi connectivity index (χ0n) is 14.9. The van der Waals surface area contributed by atoms with Crippen LogP contribution in [0.1, 0.15) is 17.2 Å². The minimum absolute atomic E-state index is 0.0874. The third-order valence-electron chi connectivity index (χ3n) is 3.94. The number of ether oxygens (including phenoxy) is 1. The van der Waals surface area contributed by atoms with Crippen LogP contribution >= 0.6 is 0 Å². The van der Waals surface area contributed by atoms with Gasteiger partial charge in [-0.1, -0.05) is 0 Å². The van der Waals surface area contributed by atoms with Gasteiger partial charge in [0.25, 0.3) is 5.91 Å². The number of hydrogen-bond acceptors (Lipinski definition) is 6. The lowest BCUT2D eigenvalue weighted by atomic mass is 10.2. The molecule has 0 spiro atoms. The lowest BCUT2D eigenvalue weighted by molar-refractivity contribution is -0.118. The van der Waals surface area contributed by atoms with Gasteiger partial charge in [-0.05, 0) is 38.1 Å². The Bertz CT molecular complexity index is 912. The van der Waals surface area contributed by atoms with Crippen LogP contribution in [0.25, 0.3) is 11.4 Å². The van der Waals surface area contributed by atoms with E-state index in [-0.39, 0.29) is 12.5 Å². The van der Waals surface area contributed by atoms with Crippen LogP contribution in [0, 0.1) is 13.8 Å². The number of carbonyl (C=O) groups is 1. The number of benzene rings is 1. The first kappa shape index (κ1) is 17.6. The van der Waals surface area contributed by atoms with E-state index in [1.807, 2.05) is 33.0 Å². The molecule has 0 bridgehead atoms. The molecule has 2 aromatic heterocycles. The number of nitrogens with two attached hydrogens (primary N) is 1. The van der Waals surface area contributed by atoms with Crippen LogP contribution in [-0.2, 0) is 18.4 Å². The topological polar surface area (TPSA) is 124 Å². The number of nitrogens with one attached hydrogen (secondary N) is 2. The summed E-state index contributed by atoms with van der Waals surface area (Å²) in [5, 5.41) is 13.9. The Labute approximate surface area is 150 Å². The van der Waals surface area contributed by atoms with Gasteiger partial charge in [0, 0.05) is 18.3 Å². The zero-order chi connectivity index (χ0) is 18.7. The minimum atomic E-state index is -0.247. The van der Waals surface area contributed by atoms with E-state index >= 15 is 0 Å². The molecule has 0 fully saturated rings. The van der Waals surface area contributed by atoms with Crippen LogP contribution in [0.2, 0.25) is 0 Å². The van der Waals surface area contributed by atoms with Crippen LogP contribution in [-0.4, -0.2) is 37.5 Å². The molecule has 0 radical (unpaired) electrons. The van der Waals surface area contributed by atoms with E-state index in [1.54, 1.807) is 16.8 Å². The van der Waals surface area contributed by atoms with Gasteiger partial charge in [0.05, 0.1) is 12.2 Å². The van der Waals surface area contributed by atoms with E-state index in [1.165, 1.54) is 0 Å². The number of nitrogens with zero attached hydrogens (tertiary/aromatic N) is 4. The highest BCUT2D eigenvalue weighted by Gasteiger charge is 2.13. The fourth-order valence-corrected chi connectivity index (χ4v) is 2.52. The molecule has 3 aromatic rings. The van der Waals surface area contributed by atoms with Crippen molar-refractivity contribution in [1.29, 1.82) is 0 Å². The fourth-order valence-electron chi connectivity index (χ4n) is 2.52. The fraction of sp³-hybridized carbons (Fsp3) is 0.294. The second kappa shape index (κ2) is 7.36. The van der Waals surface area contributed by atoms with Crippen molar-refractivity contribution in [3.05, 3.63) is 41.5 Å². The number of H-pyrrole nitrogens is 1. The van der Waals surface area contributed by atoms with E-state index in [4.69, 9.17) is 10.5 Å². The molecule has 0 aliphatic carbocycles. The molecular formula is C17H21N7O2. The molecule has 1 amide bonds. The molecule has 0 atom stereocenters. The summed E-state index contributed by atoms with van der Waals surface area (Å²) < 4.78 is 7.32. The summed E-state index contributed by atoms with van der Waals surface area (Å²) in [5.74, 6) is 1.58. The SMILES string of the molecule is Cc1nn(C)c(C)c1OCC(=O)Nc1ccc(-c2n[nH]c(CN)n2)cc1. The summed E-state index contributed by atoms with van der Waals surface area (Å²) in [6, 6.07) is 7.23. The van der Waals surface area contributed by atoms with E-state index in [9.17, 15) is 4.79 Å². The van der Waals surface area contributed by atoms with E-state index in [2.05, 4.69) is 25.6 Å². The van der Waals surface area contributed by atoms with Gasteiger partial charge < -0.3 is 15.8 Å². The van der Waals surface area contributed by atoms with Crippen molar-refractivity contribution in [2.45, 2.75) is 20.4 Å². The van der Waals surface area contributed by atoms with Gasteiger partial charge in [0.2, 0.25) is 0 Å². The first-order valence-corrected chi connectivity index (χ1v) is 8.12. The molecule has 0 aliphatic rings. The zero-order valence-corrected chi connectivity index (χ0v) is 14.9. The van der Waals surface area contributed by atoms with Crippen molar-refractivity contribution in [3.8, 4) is 17.1 Å². The largest absolute Gasteiger partial charge is 0.480 e. The lowest BCUT2D eigenvalue weighted by Crippen LogP contribution is -2.20. The summed E-state index contributed by atoms with van der Waals surface area (Å²) in [4.78, 5) is 16.4. The highest BCUT2D eigenvalue weighted by molar-refractivity contribution is 5.92. The van der Waals surface area contributed by atoms with Gasteiger partial charge in [-0.3, -0.25) is 14.6 Å². The van der Waals surface area contributed by atoms with Gasteiger partial charge in [0.15, 0.2) is 18.2 Å². The van der Waals surface area contributed by atoms with Gasteiger partial charge in [-0.25, -0.2) is 4.98 Å². The van der Waals surface area contributed by atoms with Crippen LogP contribution in [0.3, 0.4) is 0 Å². The number of hydrogen-bond donors (Lipinski definition) is 3. The molecule has 0 saturated heterocycles. The van der Waals surface area contributed by atoms with Gasteiger partial charge in [0.1, 0.15) is 11.5 Å². The first-order valence-electron chi connectivity index (χ1n) is 8.12. The Balaban J connectivity index is 1.59. The maximum Gasteiger partial charge on any atom is 0.262 e. The number of aromatic nitrogens is 5. The Morgan fingerprint density at radius 3 is 2.62 bits per heavy atom. The molecule has 0 saturated carbocycles. The molecule has 9 nitrogen and oxygen atoms in total. The molecule has 4 N–H and O–H groups in total. The maximum atomic E-state index is 12.1. The summed E-state index contributed by atoms with van der Waals surface area (Å²) in [6.45, 7) is 3.95. The molecule has 0 aliphatic heterocycles. The quantitative estimate of drug-likeness (QED) is 0.612. The summed E-state index contributed by atoms with van der Waals surface area (Å²) >= 11 is 0. The molecule has 9 heteroatoms. The van der Waals surface area contributed by atoms with Crippen molar-refractivity contribution in [2.75, 3.05) is 11.9 Å². The van der Waals surface area contributed by atoms with Crippen molar-refractivity contribution < 1.29 is 9.53 Å². The van der Waals surface area contributed by atoms with Crippen molar-refractivity contribution in [3.63, 3.8) is 0 Å². The first-order chi connectivity index (χ1) is 12.5. The van der Waals surface area contributed by atoms with Gasteiger partial charge >= 0.3 is 0 Å². The van der Waals surface area contributed by atoms with E-state index < -0.39 is 0 Å². The Kier molecular flexibility index (Phi) is 4.99. The smallest absolute Gasteiger partial charge is 0.262 e. The highest BCUT2D eigenvalue weighted by Crippen LogP contribution is 2.21. The average molecular weight is 355 g/mol. The van der Waals surface area contributed by atoms with Crippen LogP contribution in [0.15, 0.2) is 24.3 Å². The summed E-state index contributed by atoms with van der Waals surface area (Å²) in [5.41, 5.74) is 8.64. The number of aromatic amines is 1. The molecule has 1 aromatic carbocycles. The standard InChI is InChI=1S/C17H21N7O2/c1-10-16(11(2)24(3)23-10)26-9-15(25)19-13-6-4-12(5-7-13)17-20-14(8-18)21-22-17/h4-7H,8-9,18H2,1-3H3,(H,19,25)(H,20,21,22). The van der Waals surface area contributed by atoms with Crippen LogP contribution < -0.4 is 15.8 Å². The normalized spacial score (nSPS) is 10.8. The monoisotopic (exact) mass is 355 g/mol. The maximum absolute atomic E-state index is 12.1. The molecular weight excluding hydrogens is 334 g/mol. The van der Waals surface area contributed by atoms with Gasteiger partial charge in [-0.2, -0.15) is 10.2 Å². The van der Waals surface area contributed by atoms with Gasteiger partial charge in [-0.15, -0.1) is 0 Å². The molecule has 26 heavy (non-hydrogen) atoms. The third-order valence-corrected chi connectivity index (χ3v) is 3.94. The second-order valence-electron chi connectivity index (χ2n) is 5.85. The lowest BCUT2D eigenvalue weighted by Gasteiger charge is -2.08. The molecule has 136 valence electrons. The summed E-state index contributed by atoms with van der Waals surface area (Å²) in [6.07, 6.45) is 0. The predicted octanol–water partition coefficient (Wildman–Crippen LogP) is 1.30. The van der Waals surface area contributed by atoms with Crippen LogP contribution in [0.4, 0.5) is 5.69 Å². The van der Waals surface area contributed by atoms with E-state index in [0.717, 1.165) is 17.0 Å². The highest BCUT2D eigenvalue weighted by atomic mass is 16.5. The molecule has 2 heterocycles. The average Bonchev–Trinajstić information content (AvgIpc) is 3.19. The Morgan fingerprint density at radius 1 is 1.31 bits per heavy atom. The summed E-state index contributed by atoms with van der Waals surface area (Å²) in [7, 11) is 1.83. The molecule has 0 unspecified atom stereocenters. The number of amides is 1. The minimum Gasteiger partial charge on any atom is -0.480 e. The Morgan fingerprint density at radius 2 is 2.04 bits per heavy atom. The number of rotatable bonds is 6.